The van der Waals surface area contributed by atoms with Gasteiger partial charge < -0.3 is 45.6 Å². The summed E-state index contributed by atoms with van der Waals surface area (Å²) in [5, 5.41) is 10.7. The summed E-state index contributed by atoms with van der Waals surface area (Å²) >= 11 is 7.97. The van der Waals surface area contributed by atoms with Gasteiger partial charge >= 0.3 is 29.8 Å². The van der Waals surface area contributed by atoms with Crippen molar-refractivity contribution in [3.8, 4) is 0 Å². The molecule has 6 N–H and O–H groups in total. The number of carboxylic acids is 1. The van der Waals surface area contributed by atoms with E-state index in [0.717, 1.165) is 63.5 Å². The van der Waals surface area contributed by atoms with Gasteiger partial charge in [-0.15, -0.1) is 0 Å². The van der Waals surface area contributed by atoms with Crippen LogP contribution >= 0.6 is 90.0 Å². The normalized spacial score (nSPS) is 18.5. The molecule has 0 unspecified atom stereocenters. The molecule has 636 valence electrons. The number of ketones is 4. The topological polar surface area (TPSA) is 292 Å². The summed E-state index contributed by atoms with van der Waals surface area (Å²) in [6.07, 6.45) is 23.0. The molecule has 1 amide bonds. The Bertz CT molecular complexity index is 2600. The summed E-state index contributed by atoms with van der Waals surface area (Å²) in [6.45, 7) is 57.7. The number of carbonyl (C=O) groups excluding carboxylic acids is 9. The highest BCUT2D eigenvalue weighted by Gasteiger charge is 2.34. The second kappa shape index (κ2) is 57.1. The molecule has 0 aromatic rings. The van der Waals surface area contributed by atoms with Gasteiger partial charge in [0.25, 0.3) is 0 Å². The molecule has 0 spiro atoms. The van der Waals surface area contributed by atoms with E-state index in [1.54, 1.807) is 27.7 Å². The monoisotopic (exact) mass is 1680 g/mol. The zero-order valence-electron chi connectivity index (χ0n) is 72.8. The van der Waals surface area contributed by atoms with E-state index in [4.69, 9.17) is 35.5 Å². The Morgan fingerprint density at radius 2 is 0.843 bits per heavy atom. The smallest absolute Gasteiger partial charge is 0.331 e. The van der Waals surface area contributed by atoms with Crippen molar-refractivity contribution >= 4 is 149 Å². The Hall–Kier alpha value is -2.04. The Labute approximate surface area is 692 Å². The fourth-order valence-electron chi connectivity index (χ4n) is 9.15. The van der Waals surface area contributed by atoms with Crippen LogP contribution in [0.2, 0.25) is 0 Å². The molecule has 3 rings (SSSR count). The molecule has 3 fully saturated rings. The molecule has 3 saturated heterocycles. The van der Waals surface area contributed by atoms with Crippen molar-refractivity contribution in [2.45, 2.75) is 379 Å². The number of hydrogen-bond acceptors (Lipinski definition) is 24. The van der Waals surface area contributed by atoms with E-state index >= 15 is 0 Å². The molecule has 0 aromatic heterocycles. The number of nitrogens with two attached hydrogens (primary N) is 2. The minimum absolute atomic E-state index is 0.0118. The summed E-state index contributed by atoms with van der Waals surface area (Å²) in [5.74, 6) is 3.14. The number of nitrogens with one attached hydrogen (secondary N) is 1. The zero-order chi connectivity index (χ0) is 85.4. The third-order valence-electron chi connectivity index (χ3n) is 15.2. The van der Waals surface area contributed by atoms with Crippen LogP contribution in [-0.4, -0.2) is 149 Å². The van der Waals surface area contributed by atoms with Gasteiger partial charge in [0.05, 0.1) is 18.7 Å². The lowest BCUT2D eigenvalue weighted by atomic mass is 9.87. The first-order chi connectivity index (χ1) is 48.8. The molecular formula is C82H155N3O15S8. The summed E-state index contributed by atoms with van der Waals surface area (Å²) in [6, 6.07) is -0.885. The van der Waals surface area contributed by atoms with Crippen molar-refractivity contribution in [3.05, 3.63) is 12.2 Å². The number of Topliss-reactive ketones (excluding diaryl/α,β-unsaturated/α-hetero) is 4. The minimum Gasteiger partial charge on any atom is -0.478 e. The second-order valence-electron chi connectivity index (χ2n) is 37.0. The van der Waals surface area contributed by atoms with Crippen molar-refractivity contribution in [3.63, 3.8) is 0 Å². The first-order valence-corrected chi connectivity index (χ1v) is 46.7. The fraction of sp³-hybridized carbons (Fsp3) is 0.854. The lowest BCUT2D eigenvalue weighted by Gasteiger charge is -2.23. The quantitative estimate of drug-likeness (QED) is 0.00972. The van der Waals surface area contributed by atoms with Crippen molar-refractivity contribution in [1.29, 1.82) is 0 Å². The predicted octanol–water partition coefficient (Wildman–Crippen LogP) is 20.9. The molecule has 3 aliphatic heterocycles. The molecule has 0 aromatic carbocycles. The number of aliphatic carboxylic acids is 1. The number of carbonyl (C=O) groups is 10. The van der Waals surface area contributed by atoms with Crippen LogP contribution in [0.3, 0.4) is 0 Å². The van der Waals surface area contributed by atoms with E-state index in [9.17, 15) is 47.9 Å². The van der Waals surface area contributed by atoms with Gasteiger partial charge in [-0.05, 0) is 184 Å². The van der Waals surface area contributed by atoms with Crippen LogP contribution in [0.15, 0.2) is 12.2 Å². The Kier molecular flexibility index (Phi) is 60.5. The molecule has 5 atom stereocenters. The van der Waals surface area contributed by atoms with Gasteiger partial charge in [-0.25, -0.2) is 9.59 Å². The van der Waals surface area contributed by atoms with Gasteiger partial charge in [-0.3, -0.25) is 33.6 Å². The van der Waals surface area contributed by atoms with Crippen molar-refractivity contribution < 1.29 is 72.0 Å². The maximum atomic E-state index is 11.7. The number of hydrogen-bond donors (Lipinski definition) is 6. The van der Waals surface area contributed by atoms with Crippen molar-refractivity contribution in [2.24, 2.45) is 38.5 Å². The van der Waals surface area contributed by atoms with Crippen LogP contribution in [0.5, 0.6) is 0 Å². The number of carboxylic acid groups (broad SMARTS) is 1. The van der Waals surface area contributed by atoms with E-state index in [1.807, 2.05) is 169 Å². The summed E-state index contributed by atoms with van der Waals surface area (Å²) < 4.78 is 21.8. The van der Waals surface area contributed by atoms with Gasteiger partial charge in [0, 0.05) is 110 Å². The summed E-state index contributed by atoms with van der Waals surface area (Å²) in [5.41, 5.74) is 8.99. The standard InChI is InChI=1S/C14H26O2S2.C13H24O2S2.C13H24OS2.C10H20O.C9H17NO2S.C8H17NO2.C8H12O4.C7H15NOS/c1-13(2,3)11-16-12(15)7-5-6-8-14(4)9-10-17-18-14;1-12(2,3)15-11(14)7-5-6-8-13(4)9-10-16-17-13;1-12(2,3)11(14)7-5-6-8-13(4)9-10-15-16-13;1-9(11)7-5-6-8-10(2,3)4;1-6(11)10-7(5-13)8(12)9(2,3)4;1-8(2,3)11-7(10)5-4-6-9;1-8(2,3)12-7(11)5-4-6(9)10;1-7(2,3)6(9)5(8)4-10/h5-11H2,1-4H3;5-10H2,1-4H3;5-10H2,1-4H3;5-8H2,1-4H3;7,13H,5H2,1-4H3,(H,10,11);4-6,9H2,1-3H3;4-5H,1-3H3,(H,9,10);5,10H,4,8H2,1-3H3/b;;;;;;5-4+;/t14-;2*13-;;7-;;;5-/m111.0..0/s1. The third-order valence-corrected chi connectivity index (χ3v) is 26.1. The van der Waals surface area contributed by atoms with Gasteiger partial charge in [-0.1, -0.05) is 194 Å². The third kappa shape index (κ3) is 75.3. The van der Waals surface area contributed by atoms with Crippen molar-refractivity contribution in [1.82, 2.24) is 5.32 Å². The van der Waals surface area contributed by atoms with E-state index in [1.165, 1.54) is 82.0 Å². The molecule has 0 aliphatic carbocycles. The van der Waals surface area contributed by atoms with Crippen LogP contribution in [0.25, 0.3) is 0 Å². The number of rotatable bonds is 30. The first-order valence-electron chi connectivity index (χ1n) is 38.5. The Balaban J connectivity index is -0.000000378. The highest BCUT2D eigenvalue weighted by molar-refractivity contribution is 8.78. The highest BCUT2D eigenvalue weighted by Crippen LogP contribution is 2.51. The van der Waals surface area contributed by atoms with Gasteiger partial charge in [0.1, 0.15) is 28.4 Å². The largest absolute Gasteiger partial charge is 0.478 e. The number of unbranched alkanes of at least 4 members (excludes halogenated alkanes) is 4. The van der Waals surface area contributed by atoms with Crippen LogP contribution in [0.4, 0.5) is 0 Å². The zero-order valence-corrected chi connectivity index (χ0v) is 79.5. The maximum Gasteiger partial charge on any atom is 0.331 e. The lowest BCUT2D eigenvalue weighted by molar-refractivity contribution is -0.156. The van der Waals surface area contributed by atoms with E-state index in [2.05, 4.69) is 92.9 Å². The molecule has 3 aliphatic rings. The molecule has 0 saturated carbocycles. The summed E-state index contributed by atoms with van der Waals surface area (Å²) in [4.78, 5) is 111. The van der Waals surface area contributed by atoms with Crippen LogP contribution in [-0.2, 0) is 66.9 Å². The Morgan fingerprint density at radius 3 is 1.12 bits per heavy atom. The van der Waals surface area contributed by atoms with Gasteiger partial charge in [0.15, 0.2) is 11.6 Å². The number of esters is 4. The van der Waals surface area contributed by atoms with E-state index < -0.39 is 35.0 Å². The summed E-state index contributed by atoms with van der Waals surface area (Å²) in [7, 11) is 12.0. The predicted molar refractivity (Wildman–Crippen MR) is 473 cm³/mol. The van der Waals surface area contributed by atoms with Crippen molar-refractivity contribution in [2.75, 3.05) is 41.9 Å². The average molecular weight is 1680 g/mol. The highest BCUT2D eigenvalue weighted by atomic mass is 33.1. The SMILES string of the molecule is CC(=O)CCCCC(C)(C)C.CC(=O)N[C@@H](CS)C(=O)C(C)(C)C.CC(C)(C)C(=O)CCCC[C@]1(C)CCSS1.CC(C)(C)C(=O)[C@@H](N)CS.CC(C)(C)COC(=O)CCCC[C@]1(C)CCSS1.CC(C)(C)OC(=O)/C=C/C(=O)O.CC(C)(C)OC(=O)CCCC[C@]1(C)CCSS1.CC(C)(C)OC(=O)CCCN. The van der Waals surface area contributed by atoms with E-state index in [0.29, 0.717) is 81.6 Å². The molecule has 108 heavy (non-hydrogen) atoms. The molecule has 26 heteroatoms. The molecule has 0 bridgehead atoms. The first kappa shape index (κ1) is 115. The molecule has 0 radical (unpaired) electrons. The number of amides is 1. The second-order valence-corrected chi connectivity index (χ2v) is 46.8. The average Bonchev–Trinajstić information content (AvgIpc) is 1.44. The maximum absolute atomic E-state index is 11.7. The minimum atomic E-state index is -1.17. The van der Waals surface area contributed by atoms with Crippen LogP contribution in [0, 0.1) is 27.1 Å². The fourth-order valence-corrected chi connectivity index (χ4v) is 19.5. The van der Waals surface area contributed by atoms with Gasteiger partial charge in [-0.2, -0.15) is 25.3 Å². The lowest BCUT2D eigenvalue weighted by Crippen LogP contribution is -2.46. The van der Waals surface area contributed by atoms with Gasteiger partial charge in [0.2, 0.25) is 5.91 Å². The molecular weight excluding hydrogens is 1520 g/mol. The van der Waals surface area contributed by atoms with Crippen LogP contribution in [0.1, 0.15) is 336 Å². The van der Waals surface area contributed by atoms with Crippen LogP contribution < -0.4 is 16.8 Å². The Morgan fingerprint density at radius 1 is 0.472 bits per heavy atom. The van der Waals surface area contributed by atoms with E-state index in [-0.39, 0.29) is 62.8 Å². The number of thiol groups is 2. The molecule has 18 nitrogen and oxygen atoms in total. The number of ether oxygens (including phenoxy) is 4. The molecule has 3 heterocycles.